The second-order valence-corrected chi connectivity index (χ2v) is 4.58. The van der Waals surface area contributed by atoms with Crippen molar-refractivity contribution in [2.75, 3.05) is 11.9 Å². The summed E-state index contributed by atoms with van der Waals surface area (Å²) in [5, 5.41) is 3.82. The Labute approximate surface area is 113 Å². The maximum Gasteiger partial charge on any atom is 0.328 e. The second-order valence-electron chi connectivity index (χ2n) is 4.17. The largest absolute Gasteiger partial charge is 0.464 e. The lowest BCUT2D eigenvalue weighted by Crippen LogP contribution is -2.31. The van der Waals surface area contributed by atoms with Gasteiger partial charge in [-0.15, -0.1) is 0 Å². The number of hydrogen-bond acceptors (Lipinski definition) is 3. The normalized spacial score (nSPS) is 12.0. The van der Waals surface area contributed by atoms with E-state index < -0.39 is 0 Å². The fraction of sp³-hybridized carbons (Fsp3) is 0.500. The first-order valence-corrected chi connectivity index (χ1v) is 6.66. The number of esters is 1. The number of benzene rings is 1. The smallest absolute Gasteiger partial charge is 0.328 e. The molecule has 0 saturated carbocycles. The van der Waals surface area contributed by atoms with E-state index >= 15 is 0 Å². The summed E-state index contributed by atoms with van der Waals surface area (Å²) in [5.74, 6) is -0.223. The van der Waals surface area contributed by atoms with Gasteiger partial charge in [0.05, 0.1) is 17.3 Å². The number of carbonyl (C=O) groups is 1. The standard InChI is InChI=1S/C14H20ClNO2/c1-4-7-12(14(17)18-5-2)16-13-10(3)8-6-9-11(13)15/h6,8-9,12,16H,4-5,7H2,1-3H3. The van der Waals surface area contributed by atoms with Crippen LogP contribution in [0.15, 0.2) is 18.2 Å². The molecule has 4 heteroatoms. The molecular formula is C14H20ClNO2. The van der Waals surface area contributed by atoms with E-state index in [0.717, 1.165) is 24.1 Å². The zero-order valence-electron chi connectivity index (χ0n) is 11.1. The molecule has 1 unspecified atom stereocenters. The summed E-state index contributed by atoms with van der Waals surface area (Å²) in [6.07, 6.45) is 1.63. The summed E-state index contributed by atoms with van der Waals surface area (Å²) in [7, 11) is 0. The monoisotopic (exact) mass is 269 g/mol. The zero-order valence-corrected chi connectivity index (χ0v) is 11.9. The summed E-state index contributed by atoms with van der Waals surface area (Å²) < 4.78 is 5.06. The Morgan fingerprint density at radius 2 is 2.17 bits per heavy atom. The highest BCUT2D eigenvalue weighted by molar-refractivity contribution is 6.33. The Balaban J connectivity index is 2.86. The van der Waals surface area contributed by atoms with E-state index in [1.165, 1.54) is 0 Å². The van der Waals surface area contributed by atoms with Gasteiger partial charge in [0.15, 0.2) is 0 Å². The van der Waals surface area contributed by atoms with Crippen LogP contribution in [0.4, 0.5) is 5.69 Å². The Bertz CT molecular complexity index is 387. The average Bonchev–Trinajstić information content (AvgIpc) is 2.33. The van der Waals surface area contributed by atoms with E-state index in [9.17, 15) is 4.79 Å². The van der Waals surface area contributed by atoms with Gasteiger partial charge in [-0.25, -0.2) is 4.79 Å². The molecule has 0 aliphatic heterocycles. The van der Waals surface area contributed by atoms with Crippen LogP contribution in [-0.2, 0) is 9.53 Å². The molecule has 0 aliphatic rings. The van der Waals surface area contributed by atoms with Crippen molar-refractivity contribution in [3.05, 3.63) is 28.8 Å². The van der Waals surface area contributed by atoms with Crippen LogP contribution in [0.2, 0.25) is 5.02 Å². The van der Waals surface area contributed by atoms with Crippen molar-refractivity contribution in [2.24, 2.45) is 0 Å². The van der Waals surface area contributed by atoms with E-state index in [1.807, 2.05) is 39.0 Å². The number of aryl methyl sites for hydroxylation is 1. The zero-order chi connectivity index (χ0) is 13.5. The summed E-state index contributed by atoms with van der Waals surface area (Å²) in [6.45, 7) is 6.19. The first-order valence-electron chi connectivity index (χ1n) is 6.28. The van der Waals surface area contributed by atoms with Crippen LogP contribution in [0.25, 0.3) is 0 Å². The van der Waals surface area contributed by atoms with Crippen LogP contribution in [0.3, 0.4) is 0 Å². The van der Waals surface area contributed by atoms with E-state index in [1.54, 1.807) is 0 Å². The fourth-order valence-corrected chi connectivity index (χ4v) is 2.05. The fourth-order valence-electron chi connectivity index (χ4n) is 1.77. The lowest BCUT2D eigenvalue weighted by Gasteiger charge is -2.20. The van der Waals surface area contributed by atoms with Crippen molar-refractivity contribution in [1.82, 2.24) is 0 Å². The lowest BCUT2D eigenvalue weighted by molar-refractivity contribution is -0.144. The predicted molar refractivity (Wildman–Crippen MR) is 75.1 cm³/mol. The van der Waals surface area contributed by atoms with Crippen LogP contribution in [0.5, 0.6) is 0 Å². The predicted octanol–water partition coefficient (Wildman–Crippen LogP) is 3.79. The van der Waals surface area contributed by atoms with Gasteiger partial charge in [-0.2, -0.15) is 0 Å². The summed E-state index contributed by atoms with van der Waals surface area (Å²) in [4.78, 5) is 11.8. The third kappa shape index (κ3) is 3.91. The Hall–Kier alpha value is -1.22. The molecule has 100 valence electrons. The number of hydrogen-bond donors (Lipinski definition) is 1. The van der Waals surface area contributed by atoms with Gasteiger partial charge in [0.1, 0.15) is 6.04 Å². The van der Waals surface area contributed by atoms with Crippen molar-refractivity contribution in [3.8, 4) is 0 Å². The molecule has 1 aromatic carbocycles. The molecule has 1 atom stereocenters. The minimum atomic E-state index is -0.339. The minimum absolute atomic E-state index is 0.223. The van der Waals surface area contributed by atoms with Crippen LogP contribution >= 0.6 is 11.6 Å². The molecule has 1 N–H and O–H groups in total. The first kappa shape index (κ1) is 14.8. The SMILES string of the molecule is CCCC(Nc1c(C)cccc1Cl)C(=O)OCC. The molecule has 18 heavy (non-hydrogen) atoms. The molecule has 0 radical (unpaired) electrons. The van der Waals surface area contributed by atoms with Crippen molar-refractivity contribution >= 4 is 23.3 Å². The van der Waals surface area contributed by atoms with Crippen LogP contribution in [-0.4, -0.2) is 18.6 Å². The number of nitrogens with one attached hydrogen (secondary N) is 1. The van der Waals surface area contributed by atoms with Crippen molar-refractivity contribution < 1.29 is 9.53 Å². The summed E-state index contributed by atoms with van der Waals surface area (Å²) in [6, 6.07) is 5.32. The Morgan fingerprint density at radius 3 is 2.72 bits per heavy atom. The number of rotatable bonds is 6. The maximum atomic E-state index is 11.8. The maximum absolute atomic E-state index is 11.8. The molecule has 0 aromatic heterocycles. The quantitative estimate of drug-likeness (QED) is 0.799. The van der Waals surface area contributed by atoms with E-state index in [-0.39, 0.29) is 12.0 Å². The van der Waals surface area contributed by atoms with Gasteiger partial charge in [-0.3, -0.25) is 0 Å². The van der Waals surface area contributed by atoms with E-state index in [2.05, 4.69) is 5.32 Å². The van der Waals surface area contributed by atoms with Gasteiger partial charge < -0.3 is 10.1 Å². The highest BCUT2D eigenvalue weighted by atomic mass is 35.5. The Morgan fingerprint density at radius 1 is 1.44 bits per heavy atom. The molecule has 0 amide bonds. The highest BCUT2D eigenvalue weighted by Gasteiger charge is 2.20. The lowest BCUT2D eigenvalue weighted by atomic mass is 10.1. The van der Waals surface area contributed by atoms with E-state index in [0.29, 0.717) is 11.6 Å². The molecule has 1 aromatic rings. The number of halogens is 1. The van der Waals surface area contributed by atoms with Gasteiger partial charge in [-0.1, -0.05) is 37.1 Å². The number of para-hydroxylation sites is 1. The van der Waals surface area contributed by atoms with Gasteiger partial charge in [0, 0.05) is 0 Å². The third-order valence-electron chi connectivity index (χ3n) is 2.69. The van der Waals surface area contributed by atoms with Gasteiger partial charge in [0.2, 0.25) is 0 Å². The summed E-state index contributed by atoms with van der Waals surface area (Å²) >= 11 is 6.14. The van der Waals surface area contributed by atoms with E-state index in [4.69, 9.17) is 16.3 Å². The molecular weight excluding hydrogens is 250 g/mol. The molecule has 0 heterocycles. The van der Waals surface area contributed by atoms with Gasteiger partial charge in [-0.05, 0) is 31.9 Å². The molecule has 0 saturated heterocycles. The number of carbonyl (C=O) groups excluding carboxylic acids is 1. The highest BCUT2D eigenvalue weighted by Crippen LogP contribution is 2.26. The Kier molecular flexibility index (Phi) is 5.99. The van der Waals surface area contributed by atoms with Crippen molar-refractivity contribution in [2.45, 2.75) is 39.7 Å². The van der Waals surface area contributed by atoms with Crippen LogP contribution in [0.1, 0.15) is 32.3 Å². The molecule has 0 bridgehead atoms. The topological polar surface area (TPSA) is 38.3 Å². The van der Waals surface area contributed by atoms with Crippen LogP contribution < -0.4 is 5.32 Å². The minimum Gasteiger partial charge on any atom is -0.464 e. The first-order chi connectivity index (χ1) is 8.60. The third-order valence-corrected chi connectivity index (χ3v) is 3.00. The van der Waals surface area contributed by atoms with Gasteiger partial charge >= 0.3 is 5.97 Å². The molecule has 0 spiro atoms. The molecule has 1 rings (SSSR count). The number of anilines is 1. The molecule has 0 fully saturated rings. The van der Waals surface area contributed by atoms with Crippen molar-refractivity contribution in [1.29, 1.82) is 0 Å². The van der Waals surface area contributed by atoms with Crippen molar-refractivity contribution in [3.63, 3.8) is 0 Å². The number of ether oxygens (including phenoxy) is 1. The van der Waals surface area contributed by atoms with Gasteiger partial charge in [0.25, 0.3) is 0 Å². The second kappa shape index (κ2) is 7.27. The summed E-state index contributed by atoms with van der Waals surface area (Å²) in [5.41, 5.74) is 1.83. The van der Waals surface area contributed by atoms with Crippen LogP contribution in [0, 0.1) is 6.92 Å². The average molecular weight is 270 g/mol. The molecule has 3 nitrogen and oxygen atoms in total. The molecule has 0 aliphatic carbocycles.